The van der Waals surface area contributed by atoms with Crippen LogP contribution in [0.2, 0.25) is 0 Å². The lowest BCUT2D eigenvalue weighted by Crippen LogP contribution is -2.15. The van der Waals surface area contributed by atoms with Crippen molar-refractivity contribution in [1.82, 2.24) is 0 Å². The highest BCUT2D eigenvalue weighted by molar-refractivity contribution is 7.26. The first kappa shape index (κ1) is 22.4. The maximum Gasteiger partial charge on any atom is 0.0433 e. The summed E-state index contributed by atoms with van der Waals surface area (Å²) in [7, 11) is 0. The molecule has 0 fully saturated rings. The summed E-state index contributed by atoms with van der Waals surface area (Å²) in [5.41, 5.74) is 8.02. The Hall–Kier alpha value is -4.46. The lowest BCUT2D eigenvalue weighted by molar-refractivity contribution is 0.663. The number of benzene rings is 7. The molecular weight excluding hydrogens is 500 g/mol. The third-order valence-corrected chi connectivity index (χ3v) is 10.5. The summed E-state index contributed by atoms with van der Waals surface area (Å²) in [5, 5.41) is 10.9. The lowest BCUT2D eigenvalue weighted by Gasteiger charge is -2.22. The van der Waals surface area contributed by atoms with Crippen LogP contribution in [0, 0.1) is 0 Å². The molecule has 1 aliphatic carbocycles. The molecule has 40 heavy (non-hydrogen) atoms. The van der Waals surface area contributed by atoms with E-state index in [1.165, 1.54) is 85.9 Å². The molecule has 188 valence electrons. The molecule has 1 heteroatoms. The van der Waals surface area contributed by atoms with E-state index in [4.69, 9.17) is 0 Å². The average Bonchev–Trinajstić information content (AvgIpc) is 3.48. The van der Waals surface area contributed by atoms with Crippen LogP contribution in [0.1, 0.15) is 25.0 Å². The summed E-state index contributed by atoms with van der Waals surface area (Å²) in [4.78, 5) is 0. The Bertz CT molecular complexity index is 2350. The molecule has 0 saturated heterocycles. The quantitative estimate of drug-likeness (QED) is 0.197. The Morgan fingerprint density at radius 2 is 1.18 bits per heavy atom. The van der Waals surface area contributed by atoms with E-state index in [-0.39, 0.29) is 5.41 Å². The molecular formula is C39H26S. The number of thiophene rings is 1. The normalized spacial score (nSPS) is 13.9. The van der Waals surface area contributed by atoms with E-state index in [0.29, 0.717) is 0 Å². The second kappa shape index (κ2) is 7.81. The van der Waals surface area contributed by atoms with E-state index in [1.54, 1.807) is 0 Å². The molecule has 0 aliphatic heterocycles. The molecule has 0 N–H and O–H groups in total. The van der Waals surface area contributed by atoms with Crippen molar-refractivity contribution in [2.45, 2.75) is 19.3 Å². The second-order valence-electron chi connectivity index (χ2n) is 11.7. The van der Waals surface area contributed by atoms with Crippen molar-refractivity contribution in [2.24, 2.45) is 0 Å². The van der Waals surface area contributed by atoms with Crippen LogP contribution in [-0.2, 0) is 5.41 Å². The predicted molar refractivity (Wildman–Crippen MR) is 175 cm³/mol. The zero-order valence-corrected chi connectivity index (χ0v) is 23.3. The van der Waals surface area contributed by atoms with Gasteiger partial charge in [0, 0.05) is 25.6 Å². The summed E-state index contributed by atoms with van der Waals surface area (Å²) < 4.78 is 2.71. The molecule has 1 aliphatic rings. The summed E-state index contributed by atoms with van der Waals surface area (Å²) in [6.07, 6.45) is 0. The van der Waals surface area contributed by atoms with E-state index in [0.717, 1.165) is 0 Å². The van der Waals surface area contributed by atoms with Crippen molar-refractivity contribution in [3.63, 3.8) is 0 Å². The van der Waals surface area contributed by atoms with Gasteiger partial charge in [0.1, 0.15) is 0 Å². The van der Waals surface area contributed by atoms with Gasteiger partial charge in [-0.2, -0.15) is 0 Å². The fraction of sp³-hybridized carbons (Fsp3) is 0.0769. The average molecular weight is 527 g/mol. The Kier molecular flexibility index (Phi) is 4.37. The Balaban J connectivity index is 1.30. The van der Waals surface area contributed by atoms with E-state index in [2.05, 4.69) is 135 Å². The lowest BCUT2D eigenvalue weighted by atomic mass is 9.80. The topological polar surface area (TPSA) is 0 Å². The number of rotatable bonds is 2. The molecule has 9 rings (SSSR count). The number of hydrogen-bond acceptors (Lipinski definition) is 1. The highest BCUT2D eigenvalue weighted by Gasteiger charge is 2.35. The van der Waals surface area contributed by atoms with Gasteiger partial charge in [0.05, 0.1) is 0 Å². The van der Waals surface area contributed by atoms with Gasteiger partial charge in [0.25, 0.3) is 0 Å². The van der Waals surface area contributed by atoms with Crippen LogP contribution in [0.5, 0.6) is 0 Å². The van der Waals surface area contributed by atoms with Crippen LogP contribution in [0.4, 0.5) is 0 Å². The Morgan fingerprint density at radius 3 is 2.08 bits per heavy atom. The zero-order chi connectivity index (χ0) is 26.6. The molecule has 7 aromatic carbocycles. The van der Waals surface area contributed by atoms with Crippen LogP contribution >= 0.6 is 11.3 Å². The Labute approximate surface area is 237 Å². The largest absolute Gasteiger partial charge is 0.135 e. The summed E-state index contributed by atoms with van der Waals surface area (Å²) >= 11 is 1.90. The van der Waals surface area contributed by atoms with E-state index < -0.39 is 0 Å². The maximum absolute atomic E-state index is 2.43. The third-order valence-electron chi connectivity index (χ3n) is 9.24. The van der Waals surface area contributed by atoms with Crippen LogP contribution < -0.4 is 0 Å². The van der Waals surface area contributed by atoms with Crippen molar-refractivity contribution >= 4 is 63.8 Å². The third kappa shape index (κ3) is 2.85. The van der Waals surface area contributed by atoms with Crippen molar-refractivity contribution < 1.29 is 0 Å². The predicted octanol–water partition coefficient (Wildman–Crippen LogP) is 11.5. The van der Waals surface area contributed by atoms with Gasteiger partial charge in [-0.15, -0.1) is 11.3 Å². The minimum Gasteiger partial charge on any atom is -0.135 e. The van der Waals surface area contributed by atoms with Crippen LogP contribution in [0.3, 0.4) is 0 Å². The van der Waals surface area contributed by atoms with Crippen molar-refractivity contribution in [1.29, 1.82) is 0 Å². The van der Waals surface area contributed by atoms with Gasteiger partial charge in [-0.1, -0.05) is 117 Å². The first-order chi connectivity index (χ1) is 19.6. The van der Waals surface area contributed by atoms with E-state index in [9.17, 15) is 0 Å². The minimum atomic E-state index is -0.0264. The molecule has 8 aromatic rings. The maximum atomic E-state index is 2.43. The molecule has 0 unspecified atom stereocenters. The summed E-state index contributed by atoms with van der Waals surface area (Å²) in [6, 6.07) is 45.4. The standard InChI is InChI=1S/C39H26S/c1-39(2)33-20-19-27(31-18-17-30-26-12-4-3-9-25(26)22-34(39)37(30)36(31)33)23-10-7-11-24(21-23)28-14-8-15-32-29-13-5-6-16-35(29)40-38(28)32/h3-22H,1-2H3. The van der Waals surface area contributed by atoms with Gasteiger partial charge in [0.2, 0.25) is 0 Å². The number of hydrogen-bond donors (Lipinski definition) is 0. The first-order valence-corrected chi connectivity index (χ1v) is 14.8. The number of fused-ring (bicyclic) bond motifs is 5. The second-order valence-corrected chi connectivity index (χ2v) is 12.8. The molecule has 0 amide bonds. The summed E-state index contributed by atoms with van der Waals surface area (Å²) in [6.45, 7) is 4.77. The van der Waals surface area contributed by atoms with Crippen LogP contribution in [0.15, 0.2) is 121 Å². The Morgan fingerprint density at radius 1 is 0.475 bits per heavy atom. The fourth-order valence-electron chi connectivity index (χ4n) is 7.29. The highest BCUT2D eigenvalue weighted by atomic mass is 32.1. The molecule has 0 bridgehead atoms. The van der Waals surface area contributed by atoms with Crippen LogP contribution in [0.25, 0.3) is 74.7 Å². The zero-order valence-electron chi connectivity index (χ0n) is 22.5. The molecule has 1 heterocycles. The molecule has 0 spiro atoms. The van der Waals surface area contributed by atoms with E-state index in [1.807, 2.05) is 11.3 Å². The molecule has 0 atom stereocenters. The smallest absolute Gasteiger partial charge is 0.0433 e. The fourth-order valence-corrected chi connectivity index (χ4v) is 8.52. The molecule has 0 saturated carbocycles. The van der Waals surface area contributed by atoms with Gasteiger partial charge >= 0.3 is 0 Å². The SMILES string of the molecule is CC1(C)c2ccc(-c3cccc(-c4cccc5c4sc4ccccc45)c3)c3ccc4c5ccccc5cc1c4c23. The summed E-state index contributed by atoms with van der Waals surface area (Å²) in [5.74, 6) is 0. The van der Waals surface area contributed by atoms with Gasteiger partial charge in [-0.25, -0.2) is 0 Å². The monoisotopic (exact) mass is 526 g/mol. The molecule has 0 radical (unpaired) electrons. The van der Waals surface area contributed by atoms with Gasteiger partial charge in [-0.3, -0.25) is 0 Å². The van der Waals surface area contributed by atoms with Gasteiger partial charge < -0.3 is 0 Å². The van der Waals surface area contributed by atoms with Gasteiger partial charge in [-0.05, 0) is 83.9 Å². The highest BCUT2D eigenvalue weighted by Crippen LogP contribution is 2.52. The van der Waals surface area contributed by atoms with Crippen molar-refractivity contribution in [3.05, 3.63) is 132 Å². The van der Waals surface area contributed by atoms with Crippen LogP contribution in [-0.4, -0.2) is 0 Å². The van der Waals surface area contributed by atoms with E-state index >= 15 is 0 Å². The van der Waals surface area contributed by atoms with Crippen molar-refractivity contribution in [2.75, 3.05) is 0 Å². The first-order valence-electron chi connectivity index (χ1n) is 14.0. The molecule has 0 nitrogen and oxygen atoms in total. The molecule has 1 aromatic heterocycles. The van der Waals surface area contributed by atoms with Gasteiger partial charge in [0.15, 0.2) is 0 Å². The minimum absolute atomic E-state index is 0.0264. The van der Waals surface area contributed by atoms with Crippen molar-refractivity contribution in [3.8, 4) is 22.3 Å².